The number of nitrogens with one attached hydrogen (secondary N) is 1. The van der Waals surface area contributed by atoms with E-state index in [2.05, 4.69) is 5.32 Å². The molecular weight excluding hydrogens is 358 g/mol. The molecule has 1 amide bonds. The van der Waals surface area contributed by atoms with Gasteiger partial charge in [-0.05, 0) is 50.2 Å². The average Bonchev–Trinajstić information content (AvgIpc) is 2.63. The Bertz CT molecular complexity index is 793. The second kappa shape index (κ2) is 9.10. The molecule has 26 heavy (non-hydrogen) atoms. The van der Waals surface area contributed by atoms with Crippen LogP contribution in [0, 0.1) is 0 Å². The summed E-state index contributed by atoms with van der Waals surface area (Å²) < 4.78 is 16.4. The number of carbonyl (C=O) groups is 2. The molecule has 0 fully saturated rings. The van der Waals surface area contributed by atoms with E-state index in [1.807, 2.05) is 6.92 Å². The van der Waals surface area contributed by atoms with E-state index < -0.39 is 6.10 Å². The predicted molar refractivity (Wildman–Crippen MR) is 99.7 cm³/mol. The first kappa shape index (κ1) is 19.6. The fourth-order valence-corrected chi connectivity index (χ4v) is 2.39. The van der Waals surface area contributed by atoms with Gasteiger partial charge in [-0.25, -0.2) is 0 Å². The fourth-order valence-electron chi connectivity index (χ4n) is 2.22. The van der Waals surface area contributed by atoms with Gasteiger partial charge in [-0.2, -0.15) is 0 Å². The third-order valence-electron chi connectivity index (χ3n) is 3.50. The largest absolute Gasteiger partial charge is 0.495 e. The van der Waals surface area contributed by atoms with E-state index in [9.17, 15) is 9.59 Å². The van der Waals surface area contributed by atoms with Gasteiger partial charge in [0.25, 0.3) is 5.91 Å². The SMILES string of the molecule is CCOc1cc(C=O)ccc1O[C@H](C)C(=O)Nc1cc(Cl)ccc1OC. The maximum Gasteiger partial charge on any atom is 0.265 e. The summed E-state index contributed by atoms with van der Waals surface area (Å²) in [5.74, 6) is 0.878. The number of aldehydes is 1. The Kier molecular flexibility index (Phi) is 6.86. The molecule has 0 aliphatic carbocycles. The summed E-state index contributed by atoms with van der Waals surface area (Å²) in [6.45, 7) is 3.83. The van der Waals surface area contributed by atoms with Gasteiger partial charge in [-0.3, -0.25) is 9.59 Å². The Hall–Kier alpha value is -2.73. The van der Waals surface area contributed by atoms with E-state index in [0.29, 0.717) is 46.4 Å². The van der Waals surface area contributed by atoms with Crippen LogP contribution in [0.4, 0.5) is 5.69 Å². The number of methoxy groups -OCH3 is 1. The van der Waals surface area contributed by atoms with E-state index in [1.165, 1.54) is 7.11 Å². The van der Waals surface area contributed by atoms with Gasteiger partial charge in [-0.15, -0.1) is 0 Å². The topological polar surface area (TPSA) is 73.9 Å². The van der Waals surface area contributed by atoms with Crippen molar-refractivity contribution in [1.29, 1.82) is 0 Å². The summed E-state index contributed by atoms with van der Waals surface area (Å²) in [4.78, 5) is 23.4. The van der Waals surface area contributed by atoms with Crippen molar-refractivity contribution in [2.45, 2.75) is 20.0 Å². The summed E-state index contributed by atoms with van der Waals surface area (Å²) >= 11 is 5.97. The van der Waals surface area contributed by atoms with Gasteiger partial charge in [0, 0.05) is 10.6 Å². The first-order chi connectivity index (χ1) is 12.5. The van der Waals surface area contributed by atoms with Crippen LogP contribution < -0.4 is 19.5 Å². The summed E-state index contributed by atoms with van der Waals surface area (Å²) in [5, 5.41) is 3.20. The molecule has 0 bridgehead atoms. The van der Waals surface area contributed by atoms with Crippen molar-refractivity contribution in [1.82, 2.24) is 0 Å². The molecule has 0 heterocycles. The van der Waals surface area contributed by atoms with Crippen LogP contribution in [-0.2, 0) is 4.79 Å². The molecule has 0 unspecified atom stereocenters. The number of carbonyl (C=O) groups excluding carboxylic acids is 2. The standard InChI is InChI=1S/C19H20ClNO5/c1-4-25-18-9-13(11-22)5-7-17(18)26-12(2)19(23)21-15-10-14(20)6-8-16(15)24-3/h5-12H,4H2,1-3H3,(H,21,23)/t12-/m1/s1. The fraction of sp³-hybridized carbons (Fsp3) is 0.263. The molecule has 7 heteroatoms. The van der Waals surface area contributed by atoms with Gasteiger partial charge in [0.1, 0.15) is 12.0 Å². The molecule has 0 saturated heterocycles. The Morgan fingerprint density at radius 1 is 1.19 bits per heavy atom. The molecule has 1 N–H and O–H groups in total. The molecule has 0 radical (unpaired) electrons. The zero-order chi connectivity index (χ0) is 19.1. The van der Waals surface area contributed by atoms with Crippen LogP contribution in [0.25, 0.3) is 0 Å². The summed E-state index contributed by atoms with van der Waals surface area (Å²) in [5.41, 5.74) is 0.906. The molecule has 0 spiro atoms. The van der Waals surface area contributed by atoms with Crippen LogP contribution >= 0.6 is 11.6 Å². The van der Waals surface area contributed by atoms with E-state index in [4.69, 9.17) is 25.8 Å². The Morgan fingerprint density at radius 3 is 2.58 bits per heavy atom. The summed E-state index contributed by atoms with van der Waals surface area (Å²) in [6, 6.07) is 9.67. The van der Waals surface area contributed by atoms with Crippen molar-refractivity contribution in [3.8, 4) is 17.2 Å². The van der Waals surface area contributed by atoms with Gasteiger partial charge in [0.05, 0.1) is 19.4 Å². The Balaban J connectivity index is 2.14. The monoisotopic (exact) mass is 377 g/mol. The van der Waals surface area contributed by atoms with Gasteiger partial charge in [0.15, 0.2) is 17.6 Å². The number of halogens is 1. The number of benzene rings is 2. The minimum absolute atomic E-state index is 0.373. The molecule has 0 aliphatic rings. The van der Waals surface area contributed by atoms with Gasteiger partial charge >= 0.3 is 0 Å². The first-order valence-electron chi connectivity index (χ1n) is 8.01. The van der Waals surface area contributed by atoms with E-state index in [1.54, 1.807) is 43.3 Å². The maximum atomic E-state index is 12.5. The van der Waals surface area contributed by atoms with Crippen LogP contribution in [0.3, 0.4) is 0 Å². The minimum atomic E-state index is -0.819. The van der Waals surface area contributed by atoms with Crippen LogP contribution in [0.1, 0.15) is 24.2 Å². The number of anilines is 1. The lowest BCUT2D eigenvalue weighted by Gasteiger charge is -2.18. The highest BCUT2D eigenvalue weighted by atomic mass is 35.5. The summed E-state index contributed by atoms with van der Waals surface area (Å²) in [7, 11) is 1.50. The highest BCUT2D eigenvalue weighted by Crippen LogP contribution is 2.30. The second-order valence-electron chi connectivity index (χ2n) is 5.35. The summed E-state index contributed by atoms with van der Waals surface area (Å²) in [6.07, 6.45) is -0.103. The quantitative estimate of drug-likeness (QED) is 0.705. The third-order valence-corrected chi connectivity index (χ3v) is 3.73. The molecule has 6 nitrogen and oxygen atoms in total. The predicted octanol–water partition coefficient (Wildman–Crippen LogP) is 3.97. The van der Waals surface area contributed by atoms with E-state index >= 15 is 0 Å². The maximum absolute atomic E-state index is 12.5. The molecule has 138 valence electrons. The van der Waals surface area contributed by atoms with Gasteiger partial charge < -0.3 is 19.5 Å². The lowest BCUT2D eigenvalue weighted by atomic mass is 10.2. The molecule has 0 aliphatic heterocycles. The lowest BCUT2D eigenvalue weighted by Crippen LogP contribution is -2.30. The lowest BCUT2D eigenvalue weighted by molar-refractivity contribution is -0.122. The molecule has 0 aromatic heterocycles. The van der Waals surface area contributed by atoms with Crippen molar-refractivity contribution in [2.24, 2.45) is 0 Å². The highest BCUT2D eigenvalue weighted by molar-refractivity contribution is 6.31. The second-order valence-corrected chi connectivity index (χ2v) is 5.79. The minimum Gasteiger partial charge on any atom is -0.495 e. The van der Waals surface area contributed by atoms with Gasteiger partial charge in [0.2, 0.25) is 0 Å². The Morgan fingerprint density at radius 2 is 1.92 bits per heavy atom. The molecule has 2 rings (SSSR count). The smallest absolute Gasteiger partial charge is 0.265 e. The number of amides is 1. The van der Waals surface area contributed by atoms with Gasteiger partial charge in [-0.1, -0.05) is 11.6 Å². The zero-order valence-corrected chi connectivity index (χ0v) is 15.5. The first-order valence-corrected chi connectivity index (χ1v) is 8.39. The number of hydrogen-bond donors (Lipinski definition) is 1. The third kappa shape index (κ3) is 4.89. The Labute approximate surface area is 157 Å². The van der Waals surface area contributed by atoms with E-state index in [0.717, 1.165) is 0 Å². The van der Waals surface area contributed by atoms with Crippen LogP contribution in [0.5, 0.6) is 17.2 Å². The normalized spacial score (nSPS) is 11.4. The average molecular weight is 378 g/mol. The van der Waals surface area contributed by atoms with E-state index in [-0.39, 0.29) is 5.91 Å². The number of hydrogen-bond acceptors (Lipinski definition) is 5. The molecule has 2 aromatic carbocycles. The number of rotatable bonds is 8. The number of ether oxygens (including phenoxy) is 3. The van der Waals surface area contributed by atoms with Crippen molar-refractivity contribution in [2.75, 3.05) is 19.0 Å². The van der Waals surface area contributed by atoms with Crippen molar-refractivity contribution < 1.29 is 23.8 Å². The van der Waals surface area contributed by atoms with Crippen LogP contribution in [-0.4, -0.2) is 32.0 Å². The molecule has 1 atom stereocenters. The molecule has 0 saturated carbocycles. The van der Waals surface area contributed by atoms with Crippen molar-refractivity contribution in [3.05, 3.63) is 47.0 Å². The van der Waals surface area contributed by atoms with Crippen molar-refractivity contribution in [3.63, 3.8) is 0 Å². The molecular formula is C19H20ClNO5. The van der Waals surface area contributed by atoms with Crippen LogP contribution in [0.15, 0.2) is 36.4 Å². The van der Waals surface area contributed by atoms with Crippen molar-refractivity contribution >= 4 is 29.5 Å². The van der Waals surface area contributed by atoms with Crippen LogP contribution in [0.2, 0.25) is 5.02 Å². The highest BCUT2D eigenvalue weighted by Gasteiger charge is 2.19. The molecule has 2 aromatic rings. The zero-order valence-electron chi connectivity index (χ0n) is 14.7.